The van der Waals surface area contributed by atoms with Gasteiger partial charge in [-0.1, -0.05) is 24.8 Å². The first-order chi connectivity index (χ1) is 20.3. The van der Waals surface area contributed by atoms with Gasteiger partial charge in [0.05, 0.1) is 12.8 Å². The molecule has 0 saturated carbocycles. The number of anilines is 4. The van der Waals surface area contributed by atoms with Crippen molar-refractivity contribution in [2.75, 3.05) is 76.1 Å². The molecule has 42 heavy (non-hydrogen) atoms. The summed E-state index contributed by atoms with van der Waals surface area (Å²) < 4.78 is 11.3. The zero-order valence-electron chi connectivity index (χ0n) is 24.7. The molecule has 1 N–H and O–H groups in total. The van der Waals surface area contributed by atoms with Crippen molar-refractivity contribution >= 4 is 35.1 Å². The molecular formula is C31H39N7O4. The Morgan fingerprint density at radius 2 is 1.90 bits per heavy atom. The topological polar surface area (TPSA) is 103 Å². The molecule has 11 heteroatoms. The van der Waals surface area contributed by atoms with Gasteiger partial charge in [-0.3, -0.25) is 9.69 Å². The van der Waals surface area contributed by atoms with Gasteiger partial charge in [0.25, 0.3) is 0 Å². The number of likely N-dealkylation sites (N-methyl/N-ethyl adjacent to an activating group) is 2. The number of nitrogens with zero attached hydrogens (tertiary/aromatic N) is 6. The average Bonchev–Trinajstić information content (AvgIpc) is 3.48. The summed E-state index contributed by atoms with van der Waals surface area (Å²) in [5, 5.41) is 3.23. The average molecular weight is 574 g/mol. The van der Waals surface area contributed by atoms with Gasteiger partial charge in [0.15, 0.2) is 0 Å². The van der Waals surface area contributed by atoms with Gasteiger partial charge in [0.1, 0.15) is 17.3 Å². The Kier molecular flexibility index (Phi) is 10.3. The van der Waals surface area contributed by atoms with Crippen LogP contribution in [0, 0.1) is 5.92 Å². The summed E-state index contributed by atoms with van der Waals surface area (Å²) in [7, 11) is 7.75. The van der Waals surface area contributed by atoms with E-state index < -0.39 is 6.09 Å². The van der Waals surface area contributed by atoms with Crippen molar-refractivity contribution in [3.05, 3.63) is 73.4 Å². The first kappa shape index (κ1) is 30.3. The molecule has 1 aliphatic rings. The lowest BCUT2D eigenvalue weighted by Gasteiger charge is -2.25. The number of benzene rings is 2. The van der Waals surface area contributed by atoms with Gasteiger partial charge in [-0.05, 0) is 62.8 Å². The first-order valence-corrected chi connectivity index (χ1v) is 13.9. The highest BCUT2D eigenvalue weighted by Gasteiger charge is 2.30. The van der Waals surface area contributed by atoms with E-state index in [0.29, 0.717) is 48.6 Å². The van der Waals surface area contributed by atoms with E-state index in [0.717, 1.165) is 25.2 Å². The van der Waals surface area contributed by atoms with Gasteiger partial charge in [-0.15, -0.1) is 0 Å². The number of hydrogen-bond acceptors (Lipinski definition) is 9. The number of methoxy groups -OCH3 is 1. The fourth-order valence-electron chi connectivity index (χ4n) is 4.66. The third-order valence-corrected chi connectivity index (χ3v) is 7.05. The molecule has 1 unspecified atom stereocenters. The lowest BCUT2D eigenvalue weighted by atomic mass is 10.1. The molecule has 1 aliphatic heterocycles. The third-order valence-electron chi connectivity index (χ3n) is 7.05. The second-order valence-corrected chi connectivity index (χ2v) is 10.4. The smallest absolute Gasteiger partial charge is 0.420 e. The molecular weight excluding hydrogens is 534 g/mol. The molecule has 1 saturated heterocycles. The summed E-state index contributed by atoms with van der Waals surface area (Å²) in [6, 6.07) is 16.4. The van der Waals surface area contributed by atoms with E-state index in [1.54, 1.807) is 48.5 Å². The zero-order valence-corrected chi connectivity index (χ0v) is 24.7. The van der Waals surface area contributed by atoms with Crippen LogP contribution in [0.15, 0.2) is 73.4 Å². The van der Waals surface area contributed by atoms with Crippen molar-refractivity contribution in [2.24, 2.45) is 5.92 Å². The number of ether oxygens (including phenoxy) is 2. The lowest BCUT2D eigenvalue weighted by Crippen LogP contribution is -2.39. The van der Waals surface area contributed by atoms with Gasteiger partial charge in [0.2, 0.25) is 11.9 Å². The van der Waals surface area contributed by atoms with E-state index in [9.17, 15) is 9.59 Å². The Hall–Kier alpha value is -4.64. The summed E-state index contributed by atoms with van der Waals surface area (Å²) in [5.74, 6) is 1.66. The van der Waals surface area contributed by atoms with Crippen molar-refractivity contribution in [1.29, 1.82) is 0 Å². The zero-order chi connectivity index (χ0) is 30.1. The monoisotopic (exact) mass is 573 g/mol. The van der Waals surface area contributed by atoms with Crippen molar-refractivity contribution in [2.45, 2.75) is 6.42 Å². The van der Waals surface area contributed by atoms with Crippen molar-refractivity contribution < 1.29 is 19.1 Å². The second kappa shape index (κ2) is 14.3. The molecule has 1 fully saturated rings. The Bertz CT molecular complexity index is 1370. The maximum atomic E-state index is 13.4. The van der Waals surface area contributed by atoms with Crippen LogP contribution in [0.1, 0.15) is 6.42 Å². The highest BCUT2D eigenvalue weighted by atomic mass is 16.6. The van der Waals surface area contributed by atoms with Gasteiger partial charge >= 0.3 is 6.09 Å². The largest absolute Gasteiger partial charge is 0.494 e. The molecule has 1 atom stereocenters. The van der Waals surface area contributed by atoms with Crippen molar-refractivity contribution in [3.8, 4) is 11.5 Å². The number of carbonyl (C=O) groups is 2. The van der Waals surface area contributed by atoms with Crippen LogP contribution >= 0.6 is 0 Å². The number of nitrogens with one attached hydrogen (secondary N) is 1. The Labute approximate surface area is 247 Å². The van der Waals surface area contributed by atoms with E-state index in [2.05, 4.69) is 31.7 Å². The van der Waals surface area contributed by atoms with E-state index in [1.807, 2.05) is 45.4 Å². The van der Waals surface area contributed by atoms with Crippen LogP contribution < -0.4 is 24.6 Å². The highest BCUT2D eigenvalue weighted by molar-refractivity contribution is 5.89. The van der Waals surface area contributed by atoms with E-state index >= 15 is 0 Å². The molecule has 1 aromatic heterocycles. The Morgan fingerprint density at radius 3 is 2.62 bits per heavy atom. The van der Waals surface area contributed by atoms with Crippen molar-refractivity contribution in [3.63, 3.8) is 0 Å². The number of hydrogen-bond donors (Lipinski definition) is 1. The van der Waals surface area contributed by atoms with E-state index in [4.69, 9.17) is 9.47 Å². The van der Waals surface area contributed by atoms with Crippen LogP contribution in [-0.2, 0) is 4.79 Å². The van der Waals surface area contributed by atoms with Crippen LogP contribution in [-0.4, -0.2) is 92.7 Å². The number of amides is 2. The quantitative estimate of drug-likeness (QED) is 0.318. The van der Waals surface area contributed by atoms with Crippen LogP contribution in [0.2, 0.25) is 0 Å². The minimum absolute atomic E-state index is 0.0423. The molecule has 0 bridgehead atoms. The Morgan fingerprint density at radius 1 is 1.12 bits per heavy atom. The maximum Gasteiger partial charge on any atom is 0.420 e. The standard InChI is InChI=1S/C31H39N7O4/c1-6-29(39)37-17-15-23(21-37)22-38(31(40)42-25-10-8-7-9-11-25)28-14-16-32-30(34-28)33-26-13-12-24(20-27(26)41-5)36(4)19-18-35(2)3/h6-14,16,20,23H,1,15,17-19,21-22H2,2-5H3,(H,32,33,34). The van der Waals surface area contributed by atoms with Crippen LogP contribution in [0.4, 0.5) is 27.9 Å². The summed E-state index contributed by atoms with van der Waals surface area (Å²) in [4.78, 5) is 42.1. The van der Waals surface area contributed by atoms with Gasteiger partial charge in [0, 0.05) is 57.7 Å². The van der Waals surface area contributed by atoms with Gasteiger partial charge in [-0.2, -0.15) is 4.98 Å². The minimum atomic E-state index is -0.568. The van der Waals surface area contributed by atoms with Gasteiger partial charge < -0.3 is 29.5 Å². The number of likely N-dealkylation sites (tertiary alicyclic amines) is 1. The van der Waals surface area contributed by atoms with Crippen LogP contribution in [0.5, 0.6) is 11.5 Å². The fourth-order valence-corrected chi connectivity index (χ4v) is 4.66. The number of rotatable bonds is 12. The highest BCUT2D eigenvalue weighted by Crippen LogP contribution is 2.31. The number of carbonyl (C=O) groups excluding carboxylic acids is 2. The fraction of sp³-hybridized carbons (Fsp3) is 0.355. The molecule has 2 aromatic carbocycles. The predicted octanol–water partition coefficient (Wildman–Crippen LogP) is 4.27. The third kappa shape index (κ3) is 7.97. The number of para-hydroxylation sites is 1. The van der Waals surface area contributed by atoms with E-state index in [1.165, 1.54) is 11.0 Å². The minimum Gasteiger partial charge on any atom is -0.494 e. The molecule has 2 heterocycles. The second-order valence-electron chi connectivity index (χ2n) is 10.4. The molecule has 11 nitrogen and oxygen atoms in total. The van der Waals surface area contributed by atoms with Gasteiger partial charge in [-0.25, -0.2) is 9.78 Å². The summed E-state index contributed by atoms with van der Waals surface area (Å²) in [5.41, 5.74) is 1.71. The molecule has 4 rings (SSSR count). The predicted molar refractivity (Wildman–Crippen MR) is 165 cm³/mol. The first-order valence-electron chi connectivity index (χ1n) is 13.9. The van der Waals surface area contributed by atoms with Crippen LogP contribution in [0.25, 0.3) is 0 Å². The molecule has 2 amide bonds. The SMILES string of the molecule is C=CC(=O)N1CCC(CN(C(=O)Oc2ccccc2)c2ccnc(Nc3ccc(N(C)CCN(C)C)cc3OC)n2)C1. The Balaban J connectivity index is 1.55. The maximum absolute atomic E-state index is 13.4. The molecule has 0 radical (unpaired) electrons. The number of aromatic nitrogens is 2. The molecule has 0 spiro atoms. The van der Waals surface area contributed by atoms with Crippen LogP contribution in [0.3, 0.4) is 0 Å². The molecule has 222 valence electrons. The lowest BCUT2D eigenvalue weighted by molar-refractivity contribution is -0.125. The summed E-state index contributed by atoms with van der Waals surface area (Å²) in [6.07, 6.45) is 3.08. The summed E-state index contributed by atoms with van der Waals surface area (Å²) >= 11 is 0. The molecule has 3 aromatic rings. The van der Waals surface area contributed by atoms with E-state index in [-0.39, 0.29) is 11.8 Å². The normalized spacial score (nSPS) is 14.4. The van der Waals surface area contributed by atoms with Crippen molar-refractivity contribution in [1.82, 2.24) is 19.8 Å². The molecule has 0 aliphatic carbocycles. The summed E-state index contributed by atoms with van der Waals surface area (Å²) in [6.45, 7) is 6.81.